The summed E-state index contributed by atoms with van der Waals surface area (Å²) in [5, 5.41) is 9.28. The summed E-state index contributed by atoms with van der Waals surface area (Å²) in [6, 6.07) is 7.05. The van der Waals surface area contributed by atoms with Crippen molar-refractivity contribution in [2.45, 2.75) is 31.7 Å². The fourth-order valence-corrected chi connectivity index (χ4v) is 3.81. The maximum absolute atomic E-state index is 12.9. The number of halogens is 1. The zero-order chi connectivity index (χ0) is 21.1. The molecule has 4 rings (SSSR count). The van der Waals surface area contributed by atoms with Gasteiger partial charge in [0.25, 0.3) is 5.91 Å². The van der Waals surface area contributed by atoms with Crippen LogP contribution in [0.1, 0.15) is 36.2 Å². The van der Waals surface area contributed by atoms with Crippen LogP contribution in [0.3, 0.4) is 0 Å². The highest BCUT2D eigenvalue weighted by molar-refractivity contribution is 6.30. The van der Waals surface area contributed by atoms with Gasteiger partial charge in [-0.05, 0) is 57.0 Å². The molecular formula is C21H22ClN5O3. The van der Waals surface area contributed by atoms with Crippen molar-refractivity contribution in [3.05, 3.63) is 47.4 Å². The predicted molar refractivity (Wildman–Crippen MR) is 115 cm³/mol. The Morgan fingerprint density at radius 3 is 2.60 bits per heavy atom. The van der Waals surface area contributed by atoms with Crippen molar-refractivity contribution < 1.29 is 14.0 Å². The van der Waals surface area contributed by atoms with Crippen molar-refractivity contribution in [1.82, 2.24) is 15.3 Å². The van der Waals surface area contributed by atoms with Crippen LogP contribution in [0, 0.1) is 5.92 Å². The highest BCUT2D eigenvalue weighted by Crippen LogP contribution is 2.32. The van der Waals surface area contributed by atoms with E-state index in [0.717, 1.165) is 25.7 Å². The van der Waals surface area contributed by atoms with E-state index in [1.165, 1.54) is 6.20 Å². The number of nitrogens with one attached hydrogen (secondary N) is 3. The Kier molecular flexibility index (Phi) is 5.96. The van der Waals surface area contributed by atoms with Gasteiger partial charge in [-0.1, -0.05) is 11.6 Å². The molecule has 0 radical (unpaired) electrons. The summed E-state index contributed by atoms with van der Waals surface area (Å²) >= 11 is 5.84. The Labute approximate surface area is 178 Å². The van der Waals surface area contributed by atoms with Crippen molar-refractivity contribution in [3.63, 3.8) is 0 Å². The summed E-state index contributed by atoms with van der Waals surface area (Å²) in [5.41, 5.74) is 1.13. The normalized spacial score (nSPS) is 18.9. The summed E-state index contributed by atoms with van der Waals surface area (Å²) in [7, 11) is 1.94. The van der Waals surface area contributed by atoms with Gasteiger partial charge in [0.1, 0.15) is 17.0 Å². The standard InChI is InChI=1S/C21H22ClN5O3/c1-23-14-7-4-12(5-8-14)20(28)27-18-17-15(3-2-10-24-17)30-19(18)21(29)26-16-9-6-13(22)11-25-16/h2-3,6,9-12,14,23H,4-5,7-8H2,1H3,(H,27,28)(H,25,26,29). The van der Waals surface area contributed by atoms with Crippen LogP contribution in [0.15, 0.2) is 41.1 Å². The Hall–Kier alpha value is -2.97. The Bertz CT molecular complexity index is 1060. The molecule has 3 heterocycles. The first-order valence-corrected chi connectivity index (χ1v) is 10.2. The quantitative estimate of drug-likeness (QED) is 0.570. The van der Waals surface area contributed by atoms with Crippen molar-refractivity contribution >= 4 is 46.0 Å². The first kappa shape index (κ1) is 20.3. The molecule has 9 heteroatoms. The number of hydrogen-bond acceptors (Lipinski definition) is 6. The van der Waals surface area contributed by atoms with E-state index < -0.39 is 5.91 Å². The lowest BCUT2D eigenvalue weighted by Gasteiger charge is -2.27. The van der Waals surface area contributed by atoms with Crippen LogP contribution in [0.5, 0.6) is 0 Å². The fraction of sp³-hybridized carbons (Fsp3) is 0.333. The van der Waals surface area contributed by atoms with Crippen LogP contribution >= 0.6 is 11.6 Å². The third-order valence-electron chi connectivity index (χ3n) is 5.38. The Morgan fingerprint density at radius 1 is 1.10 bits per heavy atom. The van der Waals surface area contributed by atoms with E-state index in [1.807, 2.05) is 7.05 Å². The van der Waals surface area contributed by atoms with Gasteiger partial charge in [0.15, 0.2) is 5.58 Å². The molecule has 8 nitrogen and oxygen atoms in total. The summed E-state index contributed by atoms with van der Waals surface area (Å²) in [6.45, 7) is 0. The van der Waals surface area contributed by atoms with E-state index in [-0.39, 0.29) is 23.3 Å². The van der Waals surface area contributed by atoms with Gasteiger partial charge < -0.3 is 20.4 Å². The van der Waals surface area contributed by atoms with Gasteiger partial charge >= 0.3 is 0 Å². The van der Waals surface area contributed by atoms with Crippen molar-refractivity contribution in [1.29, 1.82) is 0 Å². The second kappa shape index (κ2) is 8.81. The van der Waals surface area contributed by atoms with Gasteiger partial charge in [-0.25, -0.2) is 4.98 Å². The number of rotatable bonds is 5. The fourth-order valence-electron chi connectivity index (χ4n) is 3.70. The molecular weight excluding hydrogens is 406 g/mol. The number of furan rings is 1. The molecule has 3 aromatic rings. The lowest BCUT2D eigenvalue weighted by atomic mass is 9.85. The number of anilines is 2. The predicted octanol–water partition coefficient (Wildman–Crippen LogP) is 3.85. The van der Waals surface area contributed by atoms with Gasteiger partial charge in [0.05, 0.1) is 5.02 Å². The molecule has 0 spiro atoms. The average molecular weight is 428 g/mol. The lowest BCUT2D eigenvalue weighted by Crippen LogP contribution is -2.34. The molecule has 0 aliphatic heterocycles. The minimum atomic E-state index is -0.531. The molecule has 30 heavy (non-hydrogen) atoms. The molecule has 0 saturated heterocycles. The number of carbonyl (C=O) groups is 2. The Balaban J connectivity index is 1.58. The van der Waals surface area contributed by atoms with Gasteiger partial charge in [0, 0.05) is 24.4 Å². The van der Waals surface area contributed by atoms with Crippen LogP contribution in [-0.4, -0.2) is 34.9 Å². The first-order valence-electron chi connectivity index (χ1n) is 9.83. The smallest absolute Gasteiger partial charge is 0.294 e. The number of nitrogens with zero attached hydrogens (tertiary/aromatic N) is 2. The largest absolute Gasteiger partial charge is 0.447 e. The molecule has 1 aliphatic carbocycles. The molecule has 0 atom stereocenters. The molecule has 156 valence electrons. The minimum absolute atomic E-state index is 0.0160. The second-order valence-electron chi connectivity index (χ2n) is 7.30. The summed E-state index contributed by atoms with van der Waals surface area (Å²) < 4.78 is 5.73. The number of aromatic nitrogens is 2. The molecule has 0 bridgehead atoms. The van der Waals surface area contributed by atoms with Crippen molar-refractivity contribution in [2.24, 2.45) is 5.92 Å². The first-order chi connectivity index (χ1) is 14.5. The zero-order valence-corrected chi connectivity index (χ0v) is 17.2. The minimum Gasteiger partial charge on any atom is -0.447 e. The van der Waals surface area contributed by atoms with Crippen LogP contribution in [0.4, 0.5) is 11.5 Å². The van der Waals surface area contributed by atoms with Crippen LogP contribution in [0.2, 0.25) is 5.02 Å². The van der Waals surface area contributed by atoms with E-state index in [1.54, 1.807) is 30.5 Å². The van der Waals surface area contributed by atoms with Crippen molar-refractivity contribution in [2.75, 3.05) is 17.7 Å². The lowest BCUT2D eigenvalue weighted by molar-refractivity contribution is -0.120. The monoisotopic (exact) mass is 427 g/mol. The molecule has 3 aromatic heterocycles. The number of fused-ring (bicyclic) bond motifs is 1. The summed E-state index contributed by atoms with van der Waals surface area (Å²) in [6.07, 6.45) is 6.48. The second-order valence-corrected chi connectivity index (χ2v) is 7.74. The summed E-state index contributed by atoms with van der Waals surface area (Å²) in [4.78, 5) is 34.1. The van der Waals surface area contributed by atoms with Crippen LogP contribution in [-0.2, 0) is 4.79 Å². The number of carbonyl (C=O) groups excluding carboxylic acids is 2. The molecule has 1 aliphatic rings. The molecule has 0 unspecified atom stereocenters. The highest BCUT2D eigenvalue weighted by Gasteiger charge is 2.29. The zero-order valence-electron chi connectivity index (χ0n) is 16.4. The third-order valence-corrected chi connectivity index (χ3v) is 5.60. The van der Waals surface area contributed by atoms with E-state index >= 15 is 0 Å². The van der Waals surface area contributed by atoms with Gasteiger partial charge in [-0.2, -0.15) is 0 Å². The molecule has 1 fully saturated rings. The Morgan fingerprint density at radius 2 is 1.90 bits per heavy atom. The summed E-state index contributed by atoms with van der Waals surface area (Å²) in [5.74, 6) is -0.469. The maximum Gasteiger partial charge on any atom is 0.294 e. The molecule has 3 N–H and O–H groups in total. The SMILES string of the molecule is CNC1CCC(C(=O)Nc2c(C(=O)Nc3ccc(Cl)cn3)oc3cccnc23)CC1. The molecule has 0 aromatic carbocycles. The topological polar surface area (TPSA) is 109 Å². The van der Waals surface area contributed by atoms with E-state index in [0.29, 0.717) is 28.0 Å². The van der Waals surface area contributed by atoms with Crippen LogP contribution in [0.25, 0.3) is 11.1 Å². The van der Waals surface area contributed by atoms with Crippen molar-refractivity contribution in [3.8, 4) is 0 Å². The van der Waals surface area contributed by atoms with E-state index in [4.69, 9.17) is 16.0 Å². The van der Waals surface area contributed by atoms with E-state index in [9.17, 15) is 9.59 Å². The van der Waals surface area contributed by atoms with Gasteiger partial charge in [0.2, 0.25) is 11.7 Å². The maximum atomic E-state index is 12.9. The number of amides is 2. The molecule has 1 saturated carbocycles. The average Bonchev–Trinajstić information content (AvgIpc) is 3.14. The molecule has 2 amide bonds. The number of pyridine rings is 2. The third kappa shape index (κ3) is 4.29. The number of hydrogen-bond donors (Lipinski definition) is 3. The van der Waals surface area contributed by atoms with E-state index in [2.05, 4.69) is 25.9 Å². The van der Waals surface area contributed by atoms with Gasteiger partial charge in [-0.3, -0.25) is 14.6 Å². The van der Waals surface area contributed by atoms with Crippen LogP contribution < -0.4 is 16.0 Å². The highest BCUT2D eigenvalue weighted by atomic mass is 35.5. The van der Waals surface area contributed by atoms with Gasteiger partial charge in [-0.15, -0.1) is 0 Å².